The van der Waals surface area contributed by atoms with E-state index in [4.69, 9.17) is 10.2 Å². The summed E-state index contributed by atoms with van der Waals surface area (Å²) in [5, 5.41) is 16.1. The normalized spacial score (nSPS) is 14.0. The molecule has 0 bridgehead atoms. The Labute approximate surface area is 180 Å². The Morgan fingerprint density at radius 1 is 1.23 bits per heavy atom. The molecule has 0 aliphatic heterocycles. The number of nitro benzene ring substituents is 1. The molecule has 10 nitrogen and oxygen atoms in total. The molecular weight excluding hydrogens is 402 g/mol. The smallest absolute Gasteiger partial charge is 0.273 e. The molecule has 2 aromatic rings. The van der Waals surface area contributed by atoms with E-state index in [1.165, 1.54) is 30.5 Å². The molecule has 1 heterocycles. The second-order valence-corrected chi connectivity index (χ2v) is 7.93. The minimum Gasteiger partial charge on any atom is -0.446 e. The van der Waals surface area contributed by atoms with Gasteiger partial charge in [-0.25, -0.2) is 4.98 Å². The lowest BCUT2D eigenvalue weighted by Crippen LogP contribution is -2.44. The largest absolute Gasteiger partial charge is 0.446 e. The molecule has 3 atom stereocenters. The molecule has 0 aliphatic rings. The standard InChI is InChI=1S/C21H29N5O5/c1-5-13(4)18(22)21-25-17(11-31-21)20(28)24-16(10-12(2)3)19(27)23-14-6-8-15(9-7-14)26(29)30/h6-9,11-13,16,18H,5,10,22H2,1-4H3,(H,23,27)(H,24,28). The van der Waals surface area contributed by atoms with Crippen molar-refractivity contribution in [2.75, 3.05) is 5.32 Å². The zero-order valence-electron chi connectivity index (χ0n) is 18.1. The number of oxazole rings is 1. The van der Waals surface area contributed by atoms with Gasteiger partial charge in [0, 0.05) is 17.8 Å². The third-order valence-corrected chi connectivity index (χ3v) is 4.97. The highest BCUT2D eigenvalue weighted by atomic mass is 16.6. The summed E-state index contributed by atoms with van der Waals surface area (Å²) in [4.78, 5) is 39.8. The number of nitrogens with zero attached hydrogens (tertiary/aromatic N) is 2. The maximum atomic E-state index is 12.8. The number of rotatable bonds is 10. The highest BCUT2D eigenvalue weighted by molar-refractivity contribution is 6.00. The monoisotopic (exact) mass is 431 g/mol. The molecule has 10 heteroatoms. The summed E-state index contributed by atoms with van der Waals surface area (Å²) in [5.41, 5.74) is 6.46. The quantitative estimate of drug-likeness (QED) is 0.385. The lowest BCUT2D eigenvalue weighted by molar-refractivity contribution is -0.384. The van der Waals surface area contributed by atoms with Crippen LogP contribution in [0.2, 0.25) is 0 Å². The van der Waals surface area contributed by atoms with Crippen LogP contribution < -0.4 is 16.4 Å². The van der Waals surface area contributed by atoms with Gasteiger partial charge in [-0.15, -0.1) is 0 Å². The summed E-state index contributed by atoms with van der Waals surface area (Å²) in [7, 11) is 0. The fourth-order valence-electron chi connectivity index (χ4n) is 2.87. The number of nitrogens with one attached hydrogen (secondary N) is 2. The molecule has 4 N–H and O–H groups in total. The number of non-ortho nitro benzene ring substituents is 1. The molecule has 2 amide bonds. The van der Waals surface area contributed by atoms with E-state index < -0.39 is 28.8 Å². The summed E-state index contributed by atoms with van der Waals surface area (Å²) in [6, 6.07) is 4.20. The van der Waals surface area contributed by atoms with Crippen LogP contribution in [0.15, 0.2) is 34.9 Å². The third-order valence-electron chi connectivity index (χ3n) is 4.97. The molecule has 0 aliphatic carbocycles. The summed E-state index contributed by atoms with van der Waals surface area (Å²) in [6.45, 7) is 7.83. The maximum absolute atomic E-state index is 12.8. The Balaban J connectivity index is 2.09. The van der Waals surface area contributed by atoms with Crippen LogP contribution in [0.1, 0.15) is 63.0 Å². The average Bonchev–Trinajstić information content (AvgIpc) is 3.22. The van der Waals surface area contributed by atoms with Gasteiger partial charge in [-0.3, -0.25) is 19.7 Å². The van der Waals surface area contributed by atoms with Crippen molar-refractivity contribution in [3.63, 3.8) is 0 Å². The van der Waals surface area contributed by atoms with Gasteiger partial charge in [-0.2, -0.15) is 0 Å². The number of nitro groups is 1. The maximum Gasteiger partial charge on any atom is 0.273 e. The molecule has 0 saturated heterocycles. The Hall–Kier alpha value is -3.27. The first-order valence-corrected chi connectivity index (χ1v) is 10.2. The van der Waals surface area contributed by atoms with Gasteiger partial charge in [-0.1, -0.05) is 34.1 Å². The van der Waals surface area contributed by atoms with Gasteiger partial charge in [0.25, 0.3) is 11.6 Å². The number of amides is 2. The molecule has 31 heavy (non-hydrogen) atoms. The Bertz CT molecular complexity index is 909. The van der Waals surface area contributed by atoms with Crippen LogP contribution >= 0.6 is 0 Å². The summed E-state index contributed by atoms with van der Waals surface area (Å²) in [6.07, 6.45) is 2.46. The van der Waals surface area contributed by atoms with Gasteiger partial charge in [0.15, 0.2) is 5.69 Å². The van der Waals surface area contributed by atoms with Crippen LogP contribution in [0, 0.1) is 22.0 Å². The molecule has 0 spiro atoms. The third kappa shape index (κ3) is 6.61. The first kappa shape index (κ1) is 24.0. The van der Waals surface area contributed by atoms with Crippen LogP contribution in [0.4, 0.5) is 11.4 Å². The fourth-order valence-corrected chi connectivity index (χ4v) is 2.87. The van der Waals surface area contributed by atoms with Crippen LogP contribution in [-0.2, 0) is 4.79 Å². The van der Waals surface area contributed by atoms with E-state index in [9.17, 15) is 19.7 Å². The lowest BCUT2D eigenvalue weighted by Gasteiger charge is -2.19. The second kappa shape index (κ2) is 10.7. The van der Waals surface area contributed by atoms with E-state index in [-0.39, 0.29) is 29.1 Å². The summed E-state index contributed by atoms with van der Waals surface area (Å²) in [5.74, 6) is -0.447. The number of hydrogen-bond acceptors (Lipinski definition) is 7. The van der Waals surface area contributed by atoms with Crippen LogP contribution in [0.25, 0.3) is 0 Å². The SMILES string of the molecule is CCC(C)C(N)c1nc(C(=O)NC(CC(C)C)C(=O)Nc2ccc([N+](=O)[O-])cc2)co1. The van der Waals surface area contributed by atoms with Crippen molar-refractivity contribution in [1.82, 2.24) is 10.3 Å². The highest BCUT2D eigenvalue weighted by Crippen LogP contribution is 2.21. The van der Waals surface area contributed by atoms with Gasteiger partial charge < -0.3 is 20.8 Å². The number of anilines is 1. The molecule has 1 aromatic carbocycles. The van der Waals surface area contributed by atoms with E-state index in [0.29, 0.717) is 12.1 Å². The average molecular weight is 431 g/mol. The van der Waals surface area contributed by atoms with Crippen molar-refractivity contribution >= 4 is 23.2 Å². The molecule has 168 valence electrons. The van der Waals surface area contributed by atoms with E-state index in [1.54, 1.807) is 0 Å². The Kier molecular flexibility index (Phi) is 8.26. The molecular formula is C21H29N5O5. The minimum absolute atomic E-state index is 0.0469. The fraction of sp³-hybridized carbons (Fsp3) is 0.476. The van der Waals surface area contributed by atoms with Crippen molar-refractivity contribution in [2.45, 2.75) is 52.6 Å². The van der Waals surface area contributed by atoms with E-state index in [1.807, 2.05) is 27.7 Å². The van der Waals surface area contributed by atoms with Crippen LogP contribution in [0.5, 0.6) is 0 Å². The number of carbonyl (C=O) groups is 2. The van der Waals surface area contributed by atoms with Gasteiger partial charge in [0.05, 0.1) is 11.0 Å². The highest BCUT2D eigenvalue weighted by Gasteiger charge is 2.26. The number of nitrogens with two attached hydrogens (primary N) is 1. The van der Waals surface area contributed by atoms with Crippen LogP contribution in [-0.4, -0.2) is 27.8 Å². The summed E-state index contributed by atoms with van der Waals surface area (Å²) < 4.78 is 5.37. The molecule has 0 saturated carbocycles. The minimum atomic E-state index is -0.828. The second-order valence-electron chi connectivity index (χ2n) is 7.93. The van der Waals surface area contributed by atoms with Crippen molar-refractivity contribution in [2.24, 2.45) is 17.6 Å². The van der Waals surface area contributed by atoms with E-state index in [2.05, 4.69) is 15.6 Å². The lowest BCUT2D eigenvalue weighted by atomic mass is 10.0. The summed E-state index contributed by atoms with van der Waals surface area (Å²) >= 11 is 0. The van der Waals surface area contributed by atoms with Crippen molar-refractivity contribution in [3.05, 3.63) is 52.2 Å². The molecule has 0 fully saturated rings. The predicted octanol–water partition coefficient (Wildman–Crippen LogP) is 3.41. The van der Waals surface area contributed by atoms with Crippen molar-refractivity contribution < 1.29 is 18.9 Å². The number of hydrogen-bond donors (Lipinski definition) is 3. The van der Waals surface area contributed by atoms with E-state index in [0.717, 1.165) is 6.42 Å². The van der Waals surface area contributed by atoms with Gasteiger partial charge >= 0.3 is 0 Å². The molecule has 3 unspecified atom stereocenters. The number of aromatic nitrogens is 1. The van der Waals surface area contributed by atoms with Crippen molar-refractivity contribution in [1.29, 1.82) is 0 Å². The van der Waals surface area contributed by atoms with Gasteiger partial charge in [0.1, 0.15) is 12.3 Å². The Morgan fingerprint density at radius 2 is 1.87 bits per heavy atom. The topological polar surface area (TPSA) is 153 Å². The van der Waals surface area contributed by atoms with Gasteiger partial charge in [-0.05, 0) is 30.4 Å². The van der Waals surface area contributed by atoms with Gasteiger partial charge in [0.2, 0.25) is 11.8 Å². The molecule has 0 radical (unpaired) electrons. The van der Waals surface area contributed by atoms with Crippen LogP contribution in [0.3, 0.4) is 0 Å². The molecule has 1 aromatic heterocycles. The number of carbonyl (C=O) groups excluding carboxylic acids is 2. The first-order valence-electron chi connectivity index (χ1n) is 10.2. The molecule has 2 rings (SSSR count). The number of benzene rings is 1. The zero-order valence-corrected chi connectivity index (χ0v) is 18.1. The zero-order chi connectivity index (χ0) is 23.1. The first-order chi connectivity index (χ1) is 14.6. The Morgan fingerprint density at radius 3 is 2.42 bits per heavy atom. The predicted molar refractivity (Wildman–Crippen MR) is 115 cm³/mol. The van der Waals surface area contributed by atoms with E-state index >= 15 is 0 Å². The van der Waals surface area contributed by atoms with Crippen molar-refractivity contribution in [3.8, 4) is 0 Å².